The first-order chi connectivity index (χ1) is 8.69. The van der Waals surface area contributed by atoms with Gasteiger partial charge in [0.05, 0.1) is 12.6 Å². The minimum Gasteiger partial charge on any atom is -0.395 e. The molecule has 1 heterocycles. The standard InChI is InChI=1S/C13H17FN2O2/c1-15-13(18)12-11(14)10(8-17)16(12)7-9-5-3-2-4-6-9/h2-6,10-12,17H,7-8H2,1H3,(H,15,18). The highest BCUT2D eigenvalue weighted by Gasteiger charge is 2.52. The van der Waals surface area contributed by atoms with Crippen molar-refractivity contribution in [2.45, 2.75) is 24.8 Å². The average Bonchev–Trinajstić information content (AvgIpc) is 2.40. The fraction of sp³-hybridized carbons (Fsp3) is 0.462. The molecule has 1 fully saturated rings. The Morgan fingerprint density at radius 1 is 1.44 bits per heavy atom. The first-order valence-corrected chi connectivity index (χ1v) is 5.95. The van der Waals surface area contributed by atoms with Crippen LogP contribution in [-0.2, 0) is 11.3 Å². The molecule has 1 aliphatic rings. The van der Waals surface area contributed by atoms with Gasteiger partial charge in [0, 0.05) is 13.6 Å². The van der Waals surface area contributed by atoms with Crippen LogP contribution in [0.15, 0.2) is 30.3 Å². The highest BCUT2D eigenvalue weighted by Crippen LogP contribution is 2.31. The summed E-state index contributed by atoms with van der Waals surface area (Å²) in [6.07, 6.45) is -1.31. The van der Waals surface area contributed by atoms with Gasteiger partial charge >= 0.3 is 0 Å². The Morgan fingerprint density at radius 2 is 2.11 bits per heavy atom. The maximum absolute atomic E-state index is 13.8. The maximum atomic E-state index is 13.8. The topological polar surface area (TPSA) is 52.6 Å². The van der Waals surface area contributed by atoms with Gasteiger partial charge in [-0.3, -0.25) is 9.69 Å². The van der Waals surface area contributed by atoms with E-state index < -0.39 is 18.3 Å². The number of nitrogens with zero attached hydrogens (tertiary/aromatic N) is 1. The number of carbonyl (C=O) groups is 1. The van der Waals surface area contributed by atoms with Crippen LogP contribution in [0.25, 0.3) is 0 Å². The quantitative estimate of drug-likeness (QED) is 0.811. The van der Waals surface area contributed by atoms with E-state index in [1.807, 2.05) is 30.3 Å². The van der Waals surface area contributed by atoms with Crippen molar-refractivity contribution in [3.63, 3.8) is 0 Å². The van der Waals surface area contributed by atoms with Crippen LogP contribution in [0.2, 0.25) is 0 Å². The lowest BCUT2D eigenvalue weighted by Crippen LogP contribution is -2.71. The third-order valence-electron chi connectivity index (χ3n) is 3.36. The summed E-state index contributed by atoms with van der Waals surface area (Å²) in [7, 11) is 1.49. The molecule has 0 radical (unpaired) electrons. The van der Waals surface area contributed by atoms with E-state index in [0.29, 0.717) is 6.54 Å². The van der Waals surface area contributed by atoms with E-state index in [2.05, 4.69) is 5.32 Å². The average molecular weight is 252 g/mol. The van der Waals surface area contributed by atoms with Gasteiger partial charge in [0.15, 0.2) is 0 Å². The van der Waals surface area contributed by atoms with Crippen molar-refractivity contribution in [1.82, 2.24) is 10.2 Å². The van der Waals surface area contributed by atoms with Crippen LogP contribution in [0.4, 0.5) is 4.39 Å². The summed E-state index contributed by atoms with van der Waals surface area (Å²) in [5, 5.41) is 11.6. The molecule has 3 atom stereocenters. The van der Waals surface area contributed by atoms with Gasteiger partial charge in [-0.25, -0.2) is 4.39 Å². The number of likely N-dealkylation sites (N-methyl/N-ethyl adjacent to an activating group) is 1. The van der Waals surface area contributed by atoms with Gasteiger partial charge in [0.1, 0.15) is 12.2 Å². The normalized spacial score (nSPS) is 27.6. The molecule has 5 heteroatoms. The number of amides is 1. The molecule has 1 aromatic carbocycles. The van der Waals surface area contributed by atoms with Gasteiger partial charge in [-0.05, 0) is 5.56 Å². The zero-order chi connectivity index (χ0) is 13.1. The van der Waals surface area contributed by atoms with Crippen LogP contribution < -0.4 is 5.32 Å². The maximum Gasteiger partial charge on any atom is 0.240 e. The molecular formula is C13H17FN2O2. The summed E-state index contributed by atoms with van der Waals surface area (Å²) >= 11 is 0. The van der Waals surface area contributed by atoms with Crippen molar-refractivity contribution < 1.29 is 14.3 Å². The van der Waals surface area contributed by atoms with Crippen LogP contribution >= 0.6 is 0 Å². The summed E-state index contributed by atoms with van der Waals surface area (Å²) in [6.45, 7) is 0.187. The third-order valence-corrected chi connectivity index (χ3v) is 3.36. The Labute approximate surface area is 105 Å². The summed E-state index contributed by atoms with van der Waals surface area (Å²) in [4.78, 5) is 13.3. The fourth-order valence-corrected chi connectivity index (χ4v) is 2.34. The van der Waals surface area contributed by atoms with Gasteiger partial charge in [-0.15, -0.1) is 0 Å². The predicted octanol–water partition coefficient (Wildman–Crippen LogP) is 0.316. The van der Waals surface area contributed by atoms with Gasteiger partial charge in [0.2, 0.25) is 5.91 Å². The molecule has 0 saturated carbocycles. The smallest absolute Gasteiger partial charge is 0.240 e. The monoisotopic (exact) mass is 252 g/mol. The minimum atomic E-state index is -1.31. The number of nitrogens with one attached hydrogen (secondary N) is 1. The van der Waals surface area contributed by atoms with E-state index in [9.17, 15) is 9.18 Å². The van der Waals surface area contributed by atoms with Crippen molar-refractivity contribution in [1.29, 1.82) is 0 Å². The number of rotatable bonds is 4. The molecule has 1 amide bonds. The molecule has 0 aromatic heterocycles. The first kappa shape index (κ1) is 13.0. The van der Waals surface area contributed by atoms with E-state index in [1.165, 1.54) is 7.05 Å². The third kappa shape index (κ3) is 2.23. The summed E-state index contributed by atoms with van der Waals surface area (Å²) in [6, 6.07) is 8.13. The summed E-state index contributed by atoms with van der Waals surface area (Å²) in [5.74, 6) is -0.344. The van der Waals surface area contributed by atoms with E-state index >= 15 is 0 Å². The molecule has 1 saturated heterocycles. The molecule has 98 valence electrons. The Morgan fingerprint density at radius 3 is 2.67 bits per heavy atom. The number of hydrogen-bond donors (Lipinski definition) is 2. The molecular weight excluding hydrogens is 235 g/mol. The number of aliphatic hydroxyl groups excluding tert-OH is 1. The molecule has 2 N–H and O–H groups in total. The van der Waals surface area contributed by atoms with Gasteiger partial charge < -0.3 is 10.4 Å². The molecule has 1 aliphatic heterocycles. The lowest BCUT2D eigenvalue weighted by Gasteiger charge is -2.49. The Bertz CT molecular complexity index is 413. The number of halogens is 1. The van der Waals surface area contributed by atoms with E-state index in [1.54, 1.807) is 4.90 Å². The van der Waals surface area contributed by atoms with Gasteiger partial charge in [-0.2, -0.15) is 0 Å². The van der Waals surface area contributed by atoms with E-state index in [-0.39, 0.29) is 12.5 Å². The lowest BCUT2D eigenvalue weighted by molar-refractivity contribution is -0.150. The van der Waals surface area contributed by atoms with Gasteiger partial charge in [-0.1, -0.05) is 30.3 Å². The molecule has 0 bridgehead atoms. The largest absolute Gasteiger partial charge is 0.395 e. The number of carbonyl (C=O) groups excluding carboxylic acids is 1. The zero-order valence-electron chi connectivity index (χ0n) is 10.2. The Kier molecular flexibility index (Phi) is 3.93. The Balaban J connectivity index is 2.10. The highest BCUT2D eigenvalue weighted by atomic mass is 19.1. The lowest BCUT2D eigenvalue weighted by atomic mass is 9.89. The molecule has 0 spiro atoms. The molecule has 18 heavy (non-hydrogen) atoms. The van der Waals surface area contributed by atoms with E-state index in [4.69, 9.17) is 5.11 Å². The Hall–Kier alpha value is -1.46. The van der Waals surface area contributed by atoms with Crippen LogP contribution in [0.5, 0.6) is 0 Å². The molecule has 2 rings (SSSR count). The van der Waals surface area contributed by atoms with Crippen molar-refractivity contribution >= 4 is 5.91 Å². The van der Waals surface area contributed by atoms with Gasteiger partial charge in [0.25, 0.3) is 0 Å². The molecule has 1 aromatic rings. The number of alkyl halides is 1. The van der Waals surface area contributed by atoms with Crippen LogP contribution in [-0.4, -0.2) is 47.8 Å². The summed E-state index contributed by atoms with van der Waals surface area (Å²) in [5.41, 5.74) is 0.997. The fourth-order valence-electron chi connectivity index (χ4n) is 2.34. The van der Waals surface area contributed by atoms with E-state index in [0.717, 1.165) is 5.56 Å². The predicted molar refractivity (Wildman–Crippen MR) is 65.6 cm³/mol. The number of likely N-dealkylation sites (tertiary alicyclic amines) is 1. The zero-order valence-corrected chi connectivity index (χ0v) is 10.2. The number of hydrogen-bond acceptors (Lipinski definition) is 3. The summed E-state index contributed by atoms with van der Waals surface area (Å²) < 4.78 is 13.8. The van der Waals surface area contributed by atoms with Crippen LogP contribution in [0.3, 0.4) is 0 Å². The molecule has 4 nitrogen and oxygen atoms in total. The first-order valence-electron chi connectivity index (χ1n) is 5.95. The van der Waals surface area contributed by atoms with Crippen molar-refractivity contribution in [2.24, 2.45) is 0 Å². The minimum absolute atomic E-state index is 0.276. The molecule has 0 aliphatic carbocycles. The number of benzene rings is 1. The van der Waals surface area contributed by atoms with Crippen LogP contribution in [0.1, 0.15) is 5.56 Å². The second-order valence-corrected chi connectivity index (χ2v) is 4.41. The van der Waals surface area contributed by atoms with Crippen molar-refractivity contribution in [3.05, 3.63) is 35.9 Å². The number of aliphatic hydroxyl groups is 1. The SMILES string of the molecule is CNC(=O)C1C(F)C(CO)N1Cc1ccccc1. The van der Waals surface area contributed by atoms with Crippen molar-refractivity contribution in [2.75, 3.05) is 13.7 Å². The second kappa shape index (κ2) is 5.46. The van der Waals surface area contributed by atoms with Crippen molar-refractivity contribution in [3.8, 4) is 0 Å². The second-order valence-electron chi connectivity index (χ2n) is 4.41. The molecule has 3 unspecified atom stereocenters. The van der Waals surface area contributed by atoms with Crippen LogP contribution in [0, 0.1) is 0 Å². The highest BCUT2D eigenvalue weighted by molar-refractivity contribution is 5.83.